The molecule has 0 bridgehead atoms. The van der Waals surface area contributed by atoms with E-state index >= 15 is 0 Å². The Morgan fingerprint density at radius 2 is 2.00 bits per heavy atom. The molecule has 102 valence electrons. The van der Waals surface area contributed by atoms with E-state index in [1.807, 2.05) is 6.07 Å². The van der Waals surface area contributed by atoms with Gasteiger partial charge in [0.2, 0.25) is 0 Å². The van der Waals surface area contributed by atoms with Crippen molar-refractivity contribution in [3.05, 3.63) is 26.6 Å². The molecule has 0 heterocycles. The van der Waals surface area contributed by atoms with Crippen LogP contribution in [0.3, 0.4) is 0 Å². The van der Waals surface area contributed by atoms with Gasteiger partial charge in [0.1, 0.15) is 5.75 Å². The third-order valence-corrected chi connectivity index (χ3v) is 3.62. The van der Waals surface area contributed by atoms with E-state index in [-0.39, 0.29) is 0 Å². The molecule has 0 radical (unpaired) electrons. The Morgan fingerprint density at radius 1 is 1.33 bits per heavy atom. The molecule has 1 atom stereocenters. The molecule has 1 aromatic carbocycles. The number of rotatable bonds is 6. The van der Waals surface area contributed by atoms with Crippen molar-refractivity contribution in [3.63, 3.8) is 0 Å². The fraction of sp³-hybridized carbons (Fsp3) is 0.538. The Kier molecular flexibility index (Phi) is 6.63. The smallest absolute Gasteiger partial charge is 0.137 e. The largest absolute Gasteiger partial charge is 0.495 e. The summed E-state index contributed by atoms with van der Waals surface area (Å²) in [6, 6.07) is 4.51. The van der Waals surface area contributed by atoms with Crippen LogP contribution in [0.5, 0.6) is 5.75 Å². The molecule has 1 N–H and O–H groups in total. The van der Waals surface area contributed by atoms with Crippen LogP contribution in [-0.4, -0.2) is 38.7 Å². The number of likely N-dealkylation sites (N-methyl/N-ethyl adjacent to an activating group) is 1. The molecule has 0 saturated carbocycles. The minimum atomic E-state index is 0.433. The Bertz CT molecular complexity index is 397. The number of hydrogen-bond acceptors (Lipinski definition) is 3. The van der Waals surface area contributed by atoms with E-state index in [9.17, 15) is 0 Å². The average Bonchev–Trinajstić information content (AvgIpc) is 2.24. The van der Waals surface area contributed by atoms with Crippen molar-refractivity contribution >= 4 is 31.9 Å². The summed E-state index contributed by atoms with van der Waals surface area (Å²) in [5.74, 6) is 0.891. The molecular weight excluding hydrogens is 360 g/mol. The lowest BCUT2D eigenvalue weighted by molar-refractivity contribution is 0.346. The molecular formula is C13H20Br2N2O. The molecule has 0 saturated heterocycles. The average molecular weight is 380 g/mol. The van der Waals surface area contributed by atoms with Gasteiger partial charge in [0, 0.05) is 29.2 Å². The van der Waals surface area contributed by atoms with Crippen molar-refractivity contribution in [2.75, 3.05) is 27.7 Å². The normalized spacial score (nSPS) is 12.8. The zero-order chi connectivity index (χ0) is 13.7. The molecule has 18 heavy (non-hydrogen) atoms. The van der Waals surface area contributed by atoms with Crippen LogP contribution >= 0.6 is 31.9 Å². The van der Waals surface area contributed by atoms with Gasteiger partial charge in [-0.05, 0) is 49.1 Å². The molecule has 0 aliphatic heterocycles. The van der Waals surface area contributed by atoms with E-state index in [0.29, 0.717) is 6.04 Å². The van der Waals surface area contributed by atoms with Crippen LogP contribution < -0.4 is 10.1 Å². The highest BCUT2D eigenvalue weighted by molar-refractivity contribution is 9.11. The summed E-state index contributed by atoms with van der Waals surface area (Å²) >= 11 is 7.02. The van der Waals surface area contributed by atoms with Gasteiger partial charge in [-0.1, -0.05) is 15.9 Å². The lowest BCUT2D eigenvalue weighted by Crippen LogP contribution is -2.35. The number of halogens is 2. The number of nitrogens with one attached hydrogen (secondary N) is 1. The molecule has 0 amide bonds. The first-order chi connectivity index (χ1) is 8.43. The third-order valence-electron chi connectivity index (χ3n) is 2.57. The van der Waals surface area contributed by atoms with Gasteiger partial charge >= 0.3 is 0 Å². The predicted octanol–water partition coefficient (Wildman–Crippen LogP) is 3.26. The van der Waals surface area contributed by atoms with Crippen LogP contribution in [0.25, 0.3) is 0 Å². The summed E-state index contributed by atoms with van der Waals surface area (Å²) in [4.78, 5) is 2.17. The first kappa shape index (κ1) is 16.0. The quantitative estimate of drug-likeness (QED) is 0.820. The highest BCUT2D eigenvalue weighted by Crippen LogP contribution is 2.32. The van der Waals surface area contributed by atoms with Crippen molar-refractivity contribution < 1.29 is 4.74 Å². The van der Waals surface area contributed by atoms with Crippen molar-refractivity contribution in [1.82, 2.24) is 10.2 Å². The van der Waals surface area contributed by atoms with E-state index in [1.165, 1.54) is 0 Å². The monoisotopic (exact) mass is 378 g/mol. The van der Waals surface area contributed by atoms with Gasteiger partial charge in [-0.2, -0.15) is 0 Å². The summed E-state index contributed by atoms with van der Waals surface area (Å²) < 4.78 is 7.44. The van der Waals surface area contributed by atoms with Crippen molar-refractivity contribution in [3.8, 4) is 5.75 Å². The maximum atomic E-state index is 5.43. The summed E-state index contributed by atoms with van der Waals surface area (Å²) in [5.41, 5.74) is 1.14. The van der Waals surface area contributed by atoms with E-state index < -0.39 is 0 Å². The van der Waals surface area contributed by atoms with Crippen LogP contribution in [0.4, 0.5) is 0 Å². The number of ether oxygens (including phenoxy) is 1. The molecule has 0 aliphatic carbocycles. The Morgan fingerprint density at radius 3 is 2.56 bits per heavy atom. The maximum absolute atomic E-state index is 5.43. The van der Waals surface area contributed by atoms with Crippen LogP contribution in [0.2, 0.25) is 0 Å². The standard InChI is InChI=1S/C13H20Br2N2O/c1-9(8-17(2)3)16-7-10-5-11(14)6-12(15)13(10)18-4/h5-6,9,16H,7-8H2,1-4H3. The highest BCUT2D eigenvalue weighted by atomic mass is 79.9. The summed E-state index contributed by atoms with van der Waals surface area (Å²) in [5, 5.41) is 3.50. The second-order valence-corrected chi connectivity index (χ2v) is 6.39. The highest BCUT2D eigenvalue weighted by Gasteiger charge is 2.10. The summed E-state index contributed by atoms with van der Waals surface area (Å²) in [6.45, 7) is 3.98. The second-order valence-electron chi connectivity index (χ2n) is 4.62. The van der Waals surface area contributed by atoms with Gasteiger partial charge in [-0.15, -0.1) is 0 Å². The zero-order valence-electron chi connectivity index (χ0n) is 11.3. The van der Waals surface area contributed by atoms with Gasteiger partial charge in [0.25, 0.3) is 0 Å². The van der Waals surface area contributed by atoms with Crippen LogP contribution in [0.1, 0.15) is 12.5 Å². The molecule has 1 unspecified atom stereocenters. The van der Waals surface area contributed by atoms with Crippen LogP contribution in [0, 0.1) is 0 Å². The van der Waals surface area contributed by atoms with Gasteiger partial charge in [-0.3, -0.25) is 0 Å². The zero-order valence-corrected chi connectivity index (χ0v) is 14.4. The van der Waals surface area contributed by atoms with Crippen LogP contribution in [-0.2, 0) is 6.54 Å². The molecule has 1 aromatic rings. The number of benzene rings is 1. The third kappa shape index (κ3) is 4.88. The van der Waals surface area contributed by atoms with Gasteiger partial charge in [0.15, 0.2) is 0 Å². The molecule has 5 heteroatoms. The second kappa shape index (κ2) is 7.48. The lowest BCUT2D eigenvalue weighted by Gasteiger charge is -2.19. The van der Waals surface area contributed by atoms with E-state index in [0.717, 1.165) is 33.3 Å². The summed E-state index contributed by atoms with van der Waals surface area (Å²) in [6.07, 6.45) is 0. The maximum Gasteiger partial charge on any atom is 0.137 e. The topological polar surface area (TPSA) is 24.5 Å². The van der Waals surface area contributed by atoms with Gasteiger partial charge in [0.05, 0.1) is 11.6 Å². The van der Waals surface area contributed by atoms with E-state index in [1.54, 1.807) is 7.11 Å². The SMILES string of the molecule is COc1c(Br)cc(Br)cc1CNC(C)CN(C)C. The minimum Gasteiger partial charge on any atom is -0.495 e. The summed E-state index contributed by atoms with van der Waals surface area (Å²) in [7, 11) is 5.85. The number of methoxy groups -OCH3 is 1. The molecule has 0 aromatic heterocycles. The number of hydrogen-bond donors (Lipinski definition) is 1. The number of nitrogens with zero attached hydrogens (tertiary/aromatic N) is 1. The van der Waals surface area contributed by atoms with Crippen molar-refractivity contribution in [1.29, 1.82) is 0 Å². The first-order valence-electron chi connectivity index (χ1n) is 5.84. The Balaban J connectivity index is 2.72. The first-order valence-corrected chi connectivity index (χ1v) is 7.42. The molecule has 0 fully saturated rings. The Hall–Kier alpha value is -0.100. The fourth-order valence-electron chi connectivity index (χ4n) is 1.87. The molecule has 0 spiro atoms. The van der Waals surface area contributed by atoms with E-state index in [2.05, 4.69) is 69.2 Å². The Labute approximate surface area is 126 Å². The van der Waals surface area contributed by atoms with E-state index in [4.69, 9.17) is 4.74 Å². The van der Waals surface area contributed by atoms with Crippen molar-refractivity contribution in [2.45, 2.75) is 19.5 Å². The van der Waals surface area contributed by atoms with Crippen LogP contribution in [0.15, 0.2) is 21.1 Å². The van der Waals surface area contributed by atoms with Gasteiger partial charge in [-0.25, -0.2) is 0 Å². The fourth-order valence-corrected chi connectivity index (χ4v) is 3.35. The molecule has 0 aliphatic rings. The predicted molar refractivity (Wildman–Crippen MR) is 83.2 cm³/mol. The minimum absolute atomic E-state index is 0.433. The lowest BCUT2D eigenvalue weighted by atomic mass is 10.2. The molecule has 3 nitrogen and oxygen atoms in total. The van der Waals surface area contributed by atoms with Gasteiger partial charge < -0.3 is 15.0 Å². The molecule has 1 rings (SSSR count). The van der Waals surface area contributed by atoms with Crippen molar-refractivity contribution in [2.24, 2.45) is 0 Å².